The molecule has 0 aliphatic carbocycles. The van der Waals surface area contributed by atoms with Crippen molar-refractivity contribution in [3.05, 3.63) is 64.0 Å². The Morgan fingerprint density at radius 3 is 2.61 bits per heavy atom. The summed E-state index contributed by atoms with van der Waals surface area (Å²) < 4.78 is 38.0. The first-order chi connectivity index (χ1) is 19.6. The van der Waals surface area contributed by atoms with E-state index in [-0.39, 0.29) is 40.2 Å². The zero-order valence-corrected chi connectivity index (χ0v) is 23.3. The van der Waals surface area contributed by atoms with Crippen LogP contribution in [-0.2, 0) is 4.79 Å². The first-order valence-corrected chi connectivity index (χ1v) is 13.3. The van der Waals surface area contributed by atoms with Crippen LogP contribution >= 0.6 is 0 Å². The van der Waals surface area contributed by atoms with Gasteiger partial charge in [-0.2, -0.15) is 0 Å². The molecule has 212 valence electrons. The molecule has 2 aliphatic heterocycles. The molecule has 6 rings (SSSR count). The quantitative estimate of drug-likeness (QED) is 0.405. The van der Waals surface area contributed by atoms with Crippen molar-refractivity contribution in [1.29, 1.82) is 0 Å². The first-order valence-electron chi connectivity index (χ1n) is 13.3. The molecule has 12 heteroatoms. The van der Waals surface area contributed by atoms with Crippen LogP contribution in [-0.4, -0.2) is 65.3 Å². The molecule has 4 aromatic rings. The number of aryl methyl sites for hydroxylation is 1. The van der Waals surface area contributed by atoms with Crippen LogP contribution < -0.4 is 25.4 Å². The maximum Gasteiger partial charge on any atom is 0.283 e. The number of carbonyl (C=O) groups is 1. The summed E-state index contributed by atoms with van der Waals surface area (Å²) in [6.07, 6.45) is 1.42. The lowest BCUT2D eigenvalue weighted by Gasteiger charge is -2.44. The van der Waals surface area contributed by atoms with Crippen molar-refractivity contribution in [2.45, 2.75) is 32.7 Å². The molecule has 41 heavy (non-hydrogen) atoms. The van der Waals surface area contributed by atoms with Gasteiger partial charge in [0.05, 0.1) is 35.4 Å². The largest absolute Gasteiger partial charge is 0.496 e. The molecular formula is C29H29F2N7O3. The number of piperazine rings is 1. The van der Waals surface area contributed by atoms with Gasteiger partial charge in [-0.3, -0.25) is 14.2 Å². The molecule has 0 spiro atoms. The van der Waals surface area contributed by atoms with Crippen molar-refractivity contribution in [3.63, 3.8) is 0 Å². The lowest BCUT2D eigenvalue weighted by Crippen LogP contribution is -2.62. The van der Waals surface area contributed by atoms with Crippen molar-refractivity contribution in [2.75, 3.05) is 43.6 Å². The second kappa shape index (κ2) is 9.88. The van der Waals surface area contributed by atoms with Gasteiger partial charge in [-0.15, -0.1) is 0 Å². The number of hydrogen-bond donors (Lipinski definition) is 1. The Hall–Kier alpha value is -4.45. The molecule has 1 amide bonds. The van der Waals surface area contributed by atoms with Crippen LogP contribution in [0.3, 0.4) is 0 Å². The molecule has 0 saturated carbocycles. The third kappa shape index (κ3) is 3.96. The van der Waals surface area contributed by atoms with Gasteiger partial charge in [0.1, 0.15) is 35.3 Å². The van der Waals surface area contributed by atoms with E-state index in [1.54, 1.807) is 14.0 Å². The number of aromatic nitrogens is 4. The van der Waals surface area contributed by atoms with E-state index in [0.29, 0.717) is 47.8 Å². The second-order valence-electron chi connectivity index (χ2n) is 10.5. The van der Waals surface area contributed by atoms with Crippen molar-refractivity contribution in [3.8, 4) is 22.7 Å². The smallest absolute Gasteiger partial charge is 0.283 e. The van der Waals surface area contributed by atoms with Crippen molar-refractivity contribution < 1.29 is 18.3 Å². The molecule has 1 saturated heterocycles. The minimum absolute atomic E-state index is 0.0929. The number of amides is 1. The molecule has 3 aromatic heterocycles. The summed E-state index contributed by atoms with van der Waals surface area (Å²) in [4.78, 5) is 44.6. The molecule has 2 aliphatic rings. The average Bonchev–Trinajstić information content (AvgIpc) is 2.95. The Kier molecular flexibility index (Phi) is 6.45. The highest BCUT2D eigenvalue weighted by Gasteiger charge is 2.42. The summed E-state index contributed by atoms with van der Waals surface area (Å²) in [7, 11) is 2.91. The maximum absolute atomic E-state index is 16.1. The fourth-order valence-corrected chi connectivity index (χ4v) is 5.85. The summed E-state index contributed by atoms with van der Waals surface area (Å²) in [6.45, 7) is 6.97. The number of ether oxygens (including phenoxy) is 1. The molecule has 5 heterocycles. The van der Waals surface area contributed by atoms with Crippen molar-refractivity contribution >= 4 is 28.3 Å². The lowest BCUT2D eigenvalue weighted by atomic mass is 10.0. The molecule has 0 radical (unpaired) electrons. The highest BCUT2D eigenvalue weighted by Crippen LogP contribution is 2.42. The van der Waals surface area contributed by atoms with Gasteiger partial charge in [0.25, 0.3) is 11.5 Å². The van der Waals surface area contributed by atoms with Gasteiger partial charge in [-0.25, -0.2) is 23.7 Å². The van der Waals surface area contributed by atoms with Crippen LogP contribution in [0.25, 0.3) is 28.0 Å². The SMILES string of the molecule is COc1cccc(F)c1-c1nc2c(cc1F)c1c(c(=O)n2-c2c(C)ncnc2C(C)C)N(C)C(=O)[C@H]2CNCCN12. The second-order valence-corrected chi connectivity index (χ2v) is 10.5. The van der Waals surface area contributed by atoms with E-state index in [4.69, 9.17) is 4.74 Å². The monoisotopic (exact) mass is 561 g/mol. The van der Waals surface area contributed by atoms with E-state index >= 15 is 8.78 Å². The zero-order valence-electron chi connectivity index (χ0n) is 23.3. The fraction of sp³-hybridized carbons (Fsp3) is 0.345. The van der Waals surface area contributed by atoms with Gasteiger partial charge in [0.15, 0.2) is 11.5 Å². The number of benzene rings is 1. The molecule has 10 nitrogen and oxygen atoms in total. The number of carbonyl (C=O) groups excluding carboxylic acids is 1. The summed E-state index contributed by atoms with van der Waals surface area (Å²) in [5, 5.41) is 3.53. The standard InChI is InChI=1S/C29H29F2N7O3/c1-14(2)22-24(15(3)33-13-34-22)38-27-16(11-18(31)23(35-27)21-17(30)7-6-8-20(21)41-5)25-26(29(38)40)36(4)28(39)19-12-32-9-10-37(19)25/h6-8,11,13-14,19,32H,9-10,12H2,1-5H3/t19-/m1/s1. The molecule has 1 atom stereocenters. The maximum atomic E-state index is 16.1. The first kappa shape index (κ1) is 26.8. The number of hydrogen-bond acceptors (Lipinski definition) is 8. The van der Waals surface area contributed by atoms with Crippen molar-refractivity contribution in [1.82, 2.24) is 24.8 Å². The predicted molar refractivity (Wildman–Crippen MR) is 151 cm³/mol. The van der Waals surface area contributed by atoms with Gasteiger partial charge in [0.2, 0.25) is 0 Å². The van der Waals surface area contributed by atoms with Crippen LogP contribution in [0.1, 0.15) is 31.2 Å². The van der Waals surface area contributed by atoms with Gasteiger partial charge < -0.3 is 19.9 Å². The zero-order chi connectivity index (χ0) is 29.2. The Morgan fingerprint density at radius 1 is 1.10 bits per heavy atom. The van der Waals surface area contributed by atoms with E-state index in [1.165, 1.54) is 47.2 Å². The third-order valence-corrected chi connectivity index (χ3v) is 7.77. The number of anilines is 2. The normalized spacial score (nSPS) is 16.8. The average molecular weight is 562 g/mol. The number of halogens is 2. The van der Waals surface area contributed by atoms with Gasteiger partial charge in [-0.05, 0) is 31.0 Å². The van der Waals surface area contributed by atoms with Crippen LogP contribution in [0, 0.1) is 18.6 Å². The van der Waals surface area contributed by atoms with Gasteiger partial charge >= 0.3 is 0 Å². The van der Waals surface area contributed by atoms with Crippen LogP contribution in [0.15, 0.2) is 35.4 Å². The molecule has 0 bridgehead atoms. The van der Waals surface area contributed by atoms with Crippen LogP contribution in [0.2, 0.25) is 0 Å². The Labute approximate surface area is 234 Å². The molecule has 0 unspecified atom stereocenters. The lowest BCUT2D eigenvalue weighted by molar-refractivity contribution is -0.120. The van der Waals surface area contributed by atoms with E-state index in [1.807, 2.05) is 18.7 Å². The topological polar surface area (TPSA) is 105 Å². The van der Waals surface area contributed by atoms with Gasteiger partial charge in [0, 0.05) is 32.1 Å². The fourth-order valence-electron chi connectivity index (χ4n) is 5.85. The molecular weight excluding hydrogens is 532 g/mol. The minimum Gasteiger partial charge on any atom is -0.496 e. The summed E-state index contributed by atoms with van der Waals surface area (Å²) >= 11 is 0. The molecule has 1 aromatic carbocycles. The van der Waals surface area contributed by atoms with E-state index < -0.39 is 23.2 Å². The van der Waals surface area contributed by atoms with E-state index in [9.17, 15) is 9.59 Å². The number of nitrogens with zero attached hydrogens (tertiary/aromatic N) is 6. The Morgan fingerprint density at radius 2 is 1.88 bits per heavy atom. The number of likely N-dealkylation sites (N-methyl/N-ethyl adjacent to an activating group) is 1. The number of nitrogens with one attached hydrogen (secondary N) is 1. The number of rotatable bonds is 4. The Balaban J connectivity index is 1.82. The van der Waals surface area contributed by atoms with Gasteiger partial charge in [-0.1, -0.05) is 19.9 Å². The van der Waals surface area contributed by atoms with Crippen LogP contribution in [0.5, 0.6) is 5.75 Å². The highest BCUT2D eigenvalue weighted by atomic mass is 19.1. The minimum atomic E-state index is -0.801. The summed E-state index contributed by atoms with van der Waals surface area (Å²) in [5.74, 6) is -1.80. The summed E-state index contributed by atoms with van der Waals surface area (Å²) in [5.41, 5.74) is 1.05. The van der Waals surface area contributed by atoms with Crippen molar-refractivity contribution in [2.24, 2.45) is 0 Å². The number of fused-ring (bicyclic) bond motifs is 5. The molecule has 1 N–H and O–H groups in total. The molecule has 1 fully saturated rings. The number of pyridine rings is 2. The van der Waals surface area contributed by atoms with Crippen LogP contribution in [0.4, 0.5) is 20.2 Å². The Bertz CT molecular complexity index is 1790. The third-order valence-electron chi connectivity index (χ3n) is 7.77. The highest BCUT2D eigenvalue weighted by molar-refractivity contribution is 6.11. The van der Waals surface area contributed by atoms with E-state index in [0.717, 1.165) is 0 Å². The summed E-state index contributed by atoms with van der Waals surface area (Å²) in [6, 6.07) is 4.85. The number of methoxy groups -OCH3 is 1. The van der Waals surface area contributed by atoms with E-state index in [2.05, 4.69) is 20.3 Å². The predicted octanol–water partition coefficient (Wildman–Crippen LogP) is 3.32.